The second-order valence-corrected chi connectivity index (χ2v) is 9.18. The minimum Gasteiger partial charge on any atom is -0.350 e. The monoisotopic (exact) mass is 434 g/mol. The smallest absolute Gasteiger partial charge is 0.242 e. The molecule has 29 heavy (non-hydrogen) atoms. The fourth-order valence-corrected chi connectivity index (χ4v) is 3.35. The highest BCUT2D eigenvalue weighted by molar-refractivity contribution is 6.35. The maximum Gasteiger partial charge on any atom is 0.242 e. The zero-order chi connectivity index (χ0) is 21.8. The number of nitrogens with one attached hydrogen (secondary N) is 1. The molecule has 0 aliphatic heterocycles. The Balaban J connectivity index is 2.27. The molecule has 2 amide bonds. The van der Waals surface area contributed by atoms with Crippen molar-refractivity contribution in [1.29, 1.82) is 0 Å². The van der Waals surface area contributed by atoms with Gasteiger partial charge in [0.2, 0.25) is 11.8 Å². The first-order valence-electron chi connectivity index (χ1n) is 9.57. The number of amides is 2. The number of carbonyl (C=O) groups excluding carboxylic acids is 2. The maximum absolute atomic E-state index is 13.2. The van der Waals surface area contributed by atoms with Gasteiger partial charge in [0.1, 0.15) is 6.04 Å². The molecule has 0 aliphatic rings. The summed E-state index contributed by atoms with van der Waals surface area (Å²) >= 11 is 12.2. The van der Waals surface area contributed by atoms with Gasteiger partial charge in [-0.25, -0.2) is 0 Å². The fourth-order valence-electron chi connectivity index (χ4n) is 2.88. The molecule has 2 aromatic rings. The molecular formula is C23H28Cl2N2O2. The summed E-state index contributed by atoms with van der Waals surface area (Å²) in [7, 11) is 0. The number of carbonyl (C=O) groups is 2. The van der Waals surface area contributed by atoms with Crippen molar-refractivity contribution in [3.8, 4) is 0 Å². The van der Waals surface area contributed by atoms with E-state index in [4.69, 9.17) is 23.2 Å². The van der Waals surface area contributed by atoms with Crippen LogP contribution in [0.2, 0.25) is 10.0 Å². The van der Waals surface area contributed by atoms with Crippen LogP contribution in [0.4, 0.5) is 0 Å². The molecule has 0 radical (unpaired) electrons. The molecule has 1 atom stereocenters. The van der Waals surface area contributed by atoms with Crippen LogP contribution in [0.15, 0.2) is 42.5 Å². The number of aryl methyl sites for hydroxylation is 1. The Bertz CT molecular complexity index is 873. The molecule has 4 nitrogen and oxygen atoms in total. The summed E-state index contributed by atoms with van der Waals surface area (Å²) in [6.07, 6.45) is 0.0923. The predicted octanol–water partition coefficient (Wildman–Crippen LogP) is 5.18. The molecule has 0 aromatic heterocycles. The highest BCUT2D eigenvalue weighted by Crippen LogP contribution is 2.23. The van der Waals surface area contributed by atoms with Crippen LogP contribution in [0.5, 0.6) is 0 Å². The maximum atomic E-state index is 13.2. The van der Waals surface area contributed by atoms with Gasteiger partial charge in [0.25, 0.3) is 0 Å². The van der Waals surface area contributed by atoms with Crippen LogP contribution < -0.4 is 5.32 Å². The van der Waals surface area contributed by atoms with Crippen LogP contribution in [0.1, 0.15) is 44.4 Å². The molecule has 1 N–H and O–H groups in total. The van der Waals surface area contributed by atoms with Crippen molar-refractivity contribution in [1.82, 2.24) is 10.2 Å². The van der Waals surface area contributed by atoms with E-state index < -0.39 is 6.04 Å². The van der Waals surface area contributed by atoms with E-state index in [9.17, 15) is 9.59 Å². The van der Waals surface area contributed by atoms with Gasteiger partial charge < -0.3 is 10.2 Å². The SMILES string of the molecule is Cc1ccc(CN(C(=O)Cc2ccc(Cl)cc2Cl)[C@H](C)C(=O)NC(C)(C)C)cc1. The van der Waals surface area contributed by atoms with Gasteiger partial charge in [-0.05, 0) is 57.9 Å². The van der Waals surface area contributed by atoms with E-state index in [2.05, 4.69) is 5.32 Å². The summed E-state index contributed by atoms with van der Waals surface area (Å²) in [6, 6.07) is 12.4. The second kappa shape index (κ2) is 9.64. The molecule has 0 unspecified atom stereocenters. The lowest BCUT2D eigenvalue weighted by molar-refractivity contribution is -0.140. The van der Waals surface area contributed by atoms with Gasteiger partial charge in [-0.2, -0.15) is 0 Å². The number of halogens is 2. The molecule has 0 fully saturated rings. The quantitative estimate of drug-likeness (QED) is 0.680. The van der Waals surface area contributed by atoms with Crippen LogP contribution in [-0.4, -0.2) is 28.3 Å². The number of hydrogen-bond donors (Lipinski definition) is 1. The highest BCUT2D eigenvalue weighted by atomic mass is 35.5. The summed E-state index contributed by atoms with van der Waals surface area (Å²) in [4.78, 5) is 27.5. The molecule has 6 heteroatoms. The molecule has 0 saturated heterocycles. The van der Waals surface area contributed by atoms with Crippen LogP contribution >= 0.6 is 23.2 Å². The minimum atomic E-state index is -0.630. The van der Waals surface area contributed by atoms with Crippen molar-refractivity contribution < 1.29 is 9.59 Å². The molecule has 0 bridgehead atoms. The van der Waals surface area contributed by atoms with Crippen molar-refractivity contribution >= 4 is 35.0 Å². The lowest BCUT2D eigenvalue weighted by Gasteiger charge is -2.31. The largest absolute Gasteiger partial charge is 0.350 e. The Morgan fingerprint density at radius 2 is 1.69 bits per heavy atom. The van der Waals surface area contributed by atoms with E-state index >= 15 is 0 Å². The van der Waals surface area contributed by atoms with Crippen LogP contribution in [0, 0.1) is 6.92 Å². The Labute approximate surface area is 183 Å². The fraction of sp³-hybridized carbons (Fsp3) is 0.391. The first-order valence-corrected chi connectivity index (χ1v) is 10.3. The molecular weight excluding hydrogens is 407 g/mol. The Morgan fingerprint density at radius 1 is 1.07 bits per heavy atom. The van der Waals surface area contributed by atoms with Crippen LogP contribution in [0.3, 0.4) is 0 Å². The van der Waals surface area contributed by atoms with Crippen molar-refractivity contribution in [3.05, 3.63) is 69.2 Å². The predicted molar refractivity (Wildman–Crippen MR) is 119 cm³/mol. The number of hydrogen-bond acceptors (Lipinski definition) is 2. The Hall–Kier alpha value is -2.04. The molecule has 0 aliphatic carbocycles. The Morgan fingerprint density at radius 3 is 2.24 bits per heavy atom. The molecule has 2 aromatic carbocycles. The van der Waals surface area contributed by atoms with Crippen molar-refractivity contribution in [2.75, 3.05) is 0 Å². The first-order chi connectivity index (χ1) is 13.5. The molecule has 0 spiro atoms. The van der Waals surface area contributed by atoms with Gasteiger partial charge in [-0.1, -0.05) is 59.1 Å². The third-order valence-electron chi connectivity index (χ3n) is 4.50. The van der Waals surface area contributed by atoms with Gasteiger partial charge >= 0.3 is 0 Å². The number of benzene rings is 2. The van der Waals surface area contributed by atoms with E-state index in [1.807, 2.05) is 52.0 Å². The molecule has 156 valence electrons. The van der Waals surface area contributed by atoms with E-state index in [1.165, 1.54) is 0 Å². The van der Waals surface area contributed by atoms with Crippen LogP contribution in [-0.2, 0) is 22.6 Å². The summed E-state index contributed by atoms with van der Waals surface area (Å²) < 4.78 is 0. The lowest BCUT2D eigenvalue weighted by atomic mass is 10.1. The van der Waals surface area contributed by atoms with E-state index in [1.54, 1.807) is 30.0 Å². The zero-order valence-corrected chi connectivity index (χ0v) is 19.1. The van der Waals surface area contributed by atoms with Crippen molar-refractivity contribution in [3.63, 3.8) is 0 Å². The molecule has 0 heterocycles. The average molecular weight is 435 g/mol. The van der Waals surface area contributed by atoms with Crippen molar-refractivity contribution in [2.45, 2.75) is 59.2 Å². The van der Waals surface area contributed by atoms with Gasteiger partial charge in [0.15, 0.2) is 0 Å². The molecule has 2 rings (SSSR count). The van der Waals surface area contributed by atoms with Crippen LogP contribution in [0.25, 0.3) is 0 Å². The number of nitrogens with zero attached hydrogens (tertiary/aromatic N) is 1. The van der Waals surface area contributed by atoms with Crippen molar-refractivity contribution in [2.24, 2.45) is 0 Å². The van der Waals surface area contributed by atoms with E-state index in [-0.39, 0.29) is 23.8 Å². The number of rotatable bonds is 6. The third kappa shape index (κ3) is 7.06. The Kier molecular flexibility index (Phi) is 7.73. The first kappa shape index (κ1) is 23.2. The highest BCUT2D eigenvalue weighted by Gasteiger charge is 2.28. The van der Waals surface area contributed by atoms with Gasteiger partial charge in [-0.3, -0.25) is 9.59 Å². The normalized spacial score (nSPS) is 12.4. The lowest BCUT2D eigenvalue weighted by Crippen LogP contribution is -2.52. The molecule has 0 saturated carbocycles. The summed E-state index contributed by atoms with van der Waals surface area (Å²) in [5, 5.41) is 3.91. The third-order valence-corrected chi connectivity index (χ3v) is 5.08. The van der Waals surface area contributed by atoms with E-state index in [0.29, 0.717) is 22.2 Å². The van der Waals surface area contributed by atoms with Gasteiger partial charge in [0, 0.05) is 22.1 Å². The minimum absolute atomic E-state index is 0.0923. The standard InChI is InChI=1S/C23H28Cl2N2O2/c1-15-6-8-17(9-7-15)14-27(16(2)22(29)26-23(3,4)5)21(28)12-18-10-11-19(24)13-20(18)25/h6-11,13,16H,12,14H2,1-5H3,(H,26,29)/t16-/m1/s1. The summed E-state index contributed by atoms with van der Waals surface area (Å²) in [5.41, 5.74) is 2.39. The summed E-state index contributed by atoms with van der Waals surface area (Å²) in [6.45, 7) is 9.83. The van der Waals surface area contributed by atoms with E-state index in [0.717, 1.165) is 11.1 Å². The van der Waals surface area contributed by atoms with Gasteiger partial charge in [0.05, 0.1) is 6.42 Å². The summed E-state index contributed by atoms with van der Waals surface area (Å²) in [5.74, 6) is -0.369. The van der Waals surface area contributed by atoms with Gasteiger partial charge in [-0.15, -0.1) is 0 Å². The average Bonchev–Trinajstić information content (AvgIpc) is 2.61. The zero-order valence-electron chi connectivity index (χ0n) is 17.6. The topological polar surface area (TPSA) is 49.4 Å². The second-order valence-electron chi connectivity index (χ2n) is 8.33.